The summed E-state index contributed by atoms with van der Waals surface area (Å²) in [5, 5.41) is 6.27. The lowest BCUT2D eigenvalue weighted by atomic mass is 10.2. The minimum absolute atomic E-state index is 0.186. The summed E-state index contributed by atoms with van der Waals surface area (Å²) in [6, 6.07) is 8.18. The summed E-state index contributed by atoms with van der Waals surface area (Å²) in [6.07, 6.45) is 0. The molecule has 1 aromatic carbocycles. The van der Waals surface area contributed by atoms with Crippen molar-refractivity contribution < 1.29 is 13.7 Å². The topological polar surface area (TPSA) is 55.1 Å². The van der Waals surface area contributed by atoms with Crippen molar-refractivity contribution in [3.05, 3.63) is 47.5 Å². The van der Waals surface area contributed by atoms with Crippen LogP contribution in [0, 0.1) is 12.7 Å². The maximum atomic E-state index is 13.3. The highest BCUT2D eigenvalue weighted by Crippen LogP contribution is 2.15. The summed E-state index contributed by atoms with van der Waals surface area (Å²) < 4.78 is 18.2. The number of rotatable bonds is 5. The number of nitrogens with one attached hydrogen (secondary N) is 1. The molecule has 0 unspecified atom stereocenters. The smallest absolute Gasteiger partial charge is 0.235 e. The van der Waals surface area contributed by atoms with Crippen molar-refractivity contribution >= 4 is 23.5 Å². The standard InChI is InChI=1S/C13H13FN2O2S/c1-9-6-12(16-18-9)15-13(17)8-19-7-10-4-2-3-5-11(10)14/h2-6H,7-8H2,1H3,(H,15,16,17). The van der Waals surface area contributed by atoms with E-state index in [9.17, 15) is 9.18 Å². The highest BCUT2D eigenvalue weighted by Gasteiger charge is 2.07. The third kappa shape index (κ3) is 4.10. The zero-order valence-corrected chi connectivity index (χ0v) is 11.2. The van der Waals surface area contributed by atoms with E-state index < -0.39 is 0 Å². The molecule has 0 aliphatic heterocycles. The van der Waals surface area contributed by atoms with Crippen LogP contribution in [0.15, 0.2) is 34.9 Å². The van der Waals surface area contributed by atoms with Crippen molar-refractivity contribution in [2.24, 2.45) is 0 Å². The Morgan fingerprint density at radius 1 is 1.47 bits per heavy atom. The molecule has 0 atom stereocenters. The van der Waals surface area contributed by atoms with Gasteiger partial charge in [0.15, 0.2) is 5.82 Å². The van der Waals surface area contributed by atoms with Crippen LogP contribution in [-0.2, 0) is 10.5 Å². The minimum Gasteiger partial charge on any atom is -0.360 e. The molecular formula is C13H13FN2O2S. The quantitative estimate of drug-likeness (QED) is 0.914. The van der Waals surface area contributed by atoms with Gasteiger partial charge in [-0.05, 0) is 18.6 Å². The third-order valence-electron chi connectivity index (χ3n) is 2.34. The Labute approximate surface area is 114 Å². The third-order valence-corrected chi connectivity index (χ3v) is 3.33. The second-order valence-electron chi connectivity index (χ2n) is 3.96. The van der Waals surface area contributed by atoms with E-state index in [1.807, 2.05) is 0 Å². The van der Waals surface area contributed by atoms with Crippen molar-refractivity contribution in [3.63, 3.8) is 0 Å². The van der Waals surface area contributed by atoms with Crippen molar-refractivity contribution in [3.8, 4) is 0 Å². The summed E-state index contributed by atoms with van der Waals surface area (Å²) in [5.74, 6) is 1.29. The summed E-state index contributed by atoms with van der Waals surface area (Å²) in [7, 11) is 0. The molecule has 0 spiro atoms. The molecule has 1 N–H and O–H groups in total. The number of aryl methyl sites for hydroxylation is 1. The van der Waals surface area contributed by atoms with Crippen LogP contribution >= 0.6 is 11.8 Å². The lowest BCUT2D eigenvalue weighted by Gasteiger charge is -2.03. The van der Waals surface area contributed by atoms with Gasteiger partial charge in [0.05, 0.1) is 5.75 Å². The van der Waals surface area contributed by atoms with E-state index in [1.165, 1.54) is 17.8 Å². The molecule has 100 valence electrons. The van der Waals surface area contributed by atoms with E-state index in [0.717, 1.165) is 0 Å². The molecular weight excluding hydrogens is 267 g/mol. The van der Waals surface area contributed by atoms with Gasteiger partial charge in [-0.15, -0.1) is 11.8 Å². The van der Waals surface area contributed by atoms with Crippen molar-refractivity contribution in [2.45, 2.75) is 12.7 Å². The van der Waals surface area contributed by atoms with E-state index >= 15 is 0 Å². The van der Waals surface area contributed by atoms with Crippen LogP contribution in [0.1, 0.15) is 11.3 Å². The highest BCUT2D eigenvalue weighted by molar-refractivity contribution is 7.99. The minimum atomic E-state index is -0.248. The summed E-state index contributed by atoms with van der Waals surface area (Å²) in [5.41, 5.74) is 0.595. The number of amides is 1. The normalized spacial score (nSPS) is 10.4. The first-order valence-electron chi connectivity index (χ1n) is 5.69. The molecule has 0 aliphatic rings. The first-order valence-corrected chi connectivity index (χ1v) is 6.85. The zero-order valence-electron chi connectivity index (χ0n) is 10.4. The van der Waals surface area contributed by atoms with Gasteiger partial charge in [0.25, 0.3) is 0 Å². The van der Waals surface area contributed by atoms with E-state index in [2.05, 4.69) is 10.5 Å². The van der Waals surface area contributed by atoms with E-state index in [-0.39, 0.29) is 17.5 Å². The van der Waals surface area contributed by atoms with Gasteiger partial charge in [0.2, 0.25) is 5.91 Å². The Bertz CT molecular complexity index is 571. The van der Waals surface area contributed by atoms with Gasteiger partial charge in [-0.3, -0.25) is 4.79 Å². The molecule has 0 bridgehead atoms. The largest absolute Gasteiger partial charge is 0.360 e. The first-order chi connectivity index (χ1) is 9.15. The molecule has 19 heavy (non-hydrogen) atoms. The van der Waals surface area contributed by atoms with Crippen LogP contribution in [0.25, 0.3) is 0 Å². The van der Waals surface area contributed by atoms with Crippen LogP contribution in [0.2, 0.25) is 0 Å². The Morgan fingerprint density at radius 3 is 2.95 bits per heavy atom. The van der Waals surface area contributed by atoms with Crippen LogP contribution in [0.5, 0.6) is 0 Å². The number of hydrogen-bond donors (Lipinski definition) is 1. The zero-order chi connectivity index (χ0) is 13.7. The molecule has 1 aromatic heterocycles. The molecule has 0 radical (unpaired) electrons. The fraction of sp³-hybridized carbons (Fsp3) is 0.231. The molecule has 2 rings (SSSR count). The number of carbonyl (C=O) groups is 1. The van der Waals surface area contributed by atoms with Crippen LogP contribution < -0.4 is 5.32 Å². The first kappa shape index (κ1) is 13.6. The van der Waals surface area contributed by atoms with Crippen LogP contribution in [0.4, 0.5) is 10.2 Å². The van der Waals surface area contributed by atoms with Crippen molar-refractivity contribution in [1.82, 2.24) is 5.16 Å². The number of hydrogen-bond acceptors (Lipinski definition) is 4. The lowest BCUT2D eigenvalue weighted by Crippen LogP contribution is -2.14. The van der Waals surface area contributed by atoms with E-state index in [0.29, 0.717) is 22.9 Å². The lowest BCUT2D eigenvalue weighted by molar-refractivity contribution is -0.113. The van der Waals surface area contributed by atoms with Gasteiger partial charge in [-0.2, -0.15) is 0 Å². The molecule has 1 amide bonds. The fourth-order valence-corrected chi connectivity index (χ4v) is 2.29. The average molecular weight is 280 g/mol. The maximum absolute atomic E-state index is 13.3. The maximum Gasteiger partial charge on any atom is 0.235 e. The molecule has 6 heteroatoms. The Morgan fingerprint density at radius 2 is 2.26 bits per heavy atom. The van der Waals surface area contributed by atoms with E-state index in [1.54, 1.807) is 31.2 Å². The fourth-order valence-electron chi connectivity index (χ4n) is 1.47. The number of nitrogens with zero attached hydrogens (tertiary/aromatic N) is 1. The average Bonchev–Trinajstić information content (AvgIpc) is 2.77. The Kier molecular flexibility index (Phi) is 4.57. The SMILES string of the molecule is Cc1cc(NC(=O)CSCc2ccccc2F)no1. The molecule has 1 heterocycles. The highest BCUT2D eigenvalue weighted by atomic mass is 32.2. The Balaban J connectivity index is 1.77. The number of anilines is 1. The predicted octanol–water partition coefficient (Wildman–Crippen LogP) is 2.99. The van der Waals surface area contributed by atoms with E-state index in [4.69, 9.17) is 4.52 Å². The second-order valence-corrected chi connectivity index (χ2v) is 4.94. The van der Waals surface area contributed by atoms with Crippen molar-refractivity contribution in [1.29, 1.82) is 0 Å². The summed E-state index contributed by atoms with van der Waals surface area (Å²) in [4.78, 5) is 11.6. The van der Waals surface area contributed by atoms with Crippen LogP contribution in [0.3, 0.4) is 0 Å². The van der Waals surface area contributed by atoms with Gasteiger partial charge in [-0.1, -0.05) is 23.4 Å². The number of thioether (sulfide) groups is 1. The van der Waals surface area contributed by atoms with Gasteiger partial charge < -0.3 is 9.84 Å². The molecule has 4 nitrogen and oxygen atoms in total. The van der Waals surface area contributed by atoms with Gasteiger partial charge in [-0.25, -0.2) is 4.39 Å². The number of halogens is 1. The predicted molar refractivity (Wildman–Crippen MR) is 72.4 cm³/mol. The van der Waals surface area contributed by atoms with Crippen LogP contribution in [-0.4, -0.2) is 16.8 Å². The number of benzene rings is 1. The number of aromatic nitrogens is 1. The van der Waals surface area contributed by atoms with Gasteiger partial charge >= 0.3 is 0 Å². The summed E-state index contributed by atoms with van der Waals surface area (Å²) >= 11 is 1.34. The molecule has 0 saturated carbocycles. The summed E-state index contributed by atoms with van der Waals surface area (Å²) in [6.45, 7) is 1.75. The molecule has 0 saturated heterocycles. The second kappa shape index (κ2) is 6.38. The van der Waals surface area contributed by atoms with Gasteiger partial charge in [0.1, 0.15) is 11.6 Å². The number of carbonyl (C=O) groups excluding carboxylic acids is 1. The molecule has 0 aliphatic carbocycles. The Hall–Kier alpha value is -1.82. The monoisotopic (exact) mass is 280 g/mol. The molecule has 0 fully saturated rings. The van der Waals surface area contributed by atoms with Gasteiger partial charge in [0, 0.05) is 11.8 Å². The van der Waals surface area contributed by atoms with Crippen molar-refractivity contribution in [2.75, 3.05) is 11.1 Å². The molecule has 2 aromatic rings.